The minimum absolute atomic E-state index is 0.146. The summed E-state index contributed by atoms with van der Waals surface area (Å²) in [7, 11) is 0. The SMILES string of the molecule is CC(C)(C)OC(=O)N1CC(N2N=Ic3c(N)ncnc32)C1. The van der Waals surface area contributed by atoms with Crippen molar-refractivity contribution in [2.75, 3.05) is 23.8 Å². The molecule has 1 aromatic heterocycles. The molecule has 21 heavy (non-hydrogen) atoms. The Morgan fingerprint density at radius 3 is 2.81 bits per heavy atom. The third-order valence-electron chi connectivity index (χ3n) is 3.08. The highest BCUT2D eigenvalue weighted by Gasteiger charge is 2.40. The molecule has 0 atom stereocenters. The van der Waals surface area contributed by atoms with E-state index in [9.17, 15) is 4.79 Å². The maximum absolute atomic E-state index is 11.9. The van der Waals surface area contributed by atoms with E-state index in [0.29, 0.717) is 18.9 Å². The highest BCUT2D eigenvalue weighted by atomic mass is 127. The number of fused-ring (bicyclic) bond motifs is 1. The number of hydrogen-bond acceptors (Lipinski definition) is 7. The molecule has 2 aliphatic rings. The molecule has 8 nitrogen and oxygen atoms in total. The number of anilines is 2. The van der Waals surface area contributed by atoms with Crippen LogP contribution >= 0.6 is 21.0 Å². The lowest BCUT2D eigenvalue weighted by Crippen LogP contribution is -2.60. The molecule has 3 rings (SSSR count). The maximum atomic E-state index is 11.9. The number of carbonyl (C=O) groups is 1. The lowest BCUT2D eigenvalue weighted by atomic mass is 10.1. The fraction of sp³-hybridized carbons (Fsp3) is 0.583. The minimum atomic E-state index is -0.532. The smallest absolute Gasteiger partial charge is 0.410 e. The molecule has 0 saturated carbocycles. The van der Waals surface area contributed by atoms with Crippen LogP contribution < -0.4 is 10.7 Å². The zero-order valence-corrected chi connectivity index (χ0v) is 14.2. The molecule has 0 radical (unpaired) electrons. The van der Waals surface area contributed by atoms with Gasteiger partial charge in [0.15, 0.2) is 5.82 Å². The minimum Gasteiger partial charge on any atom is -0.444 e. The number of nitrogens with zero attached hydrogens (tertiary/aromatic N) is 5. The van der Waals surface area contributed by atoms with E-state index in [1.807, 2.05) is 25.8 Å². The Hall–Kier alpha value is -1.52. The van der Waals surface area contributed by atoms with Crippen LogP contribution in [-0.4, -0.2) is 45.7 Å². The van der Waals surface area contributed by atoms with Crippen LogP contribution in [0.5, 0.6) is 0 Å². The number of nitrogens with two attached hydrogens (primary N) is 1. The third-order valence-corrected chi connectivity index (χ3v) is 5.28. The molecule has 2 aliphatic heterocycles. The van der Waals surface area contributed by atoms with E-state index in [1.54, 1.807) is 4.90 Å². The molecular weight excluding hydrogens is 387 g/mol. The topological polar surface area (TPSA) is 96.9 Å². The predicted molar refractivity (Wildman–Crippen MR) is 85.7 cm³/mol. The van der Waals surface area contributed by atoms with Crippen molar-refractivity contribution in [3.8, 4) is 0 Å². The number of halogens is 1. The van der Waals surface area contributed by atoms with Crippen LogP contribution in [0.1, 0.15) is 20.8 Å². The molecule has 0 aliphatic carbocycles. The van der Waals surface area contributed by atoms with Gasteiger partial charge in [-0.1, -0.05) is 0 Å². The highest BCUT2D eigenvalue weighted by Crippen LogP contribution is 2.38. The van der Waals surface area contributed by atoms with Gasteiger partial charge in [-0.2, -0.15) is 0 Å². The summed E-state index contributed by atoms with van der Waals surface area (Å²) in [6, 6.07) is 0.146. The number of likely N-dealkylation sites (tertiary alicyclic amines) is 1. The molecule has 114 valence electrons. The van der Waals surface area contributed by atoms with Gasteiger partial charge in [-0.05, 0) is 20.8 Å². The standard InChI is InChI=1S/C12H17IN6O2/c1-12(2,3)21-11(20)18-4-7(5-18)19-10-8(13-17-19)9(14)15-6-16-10/h6-7H,4-5H2,1-3H3,(H2,14,15,16). The maximum Gasteiger partial charge on any atom is 0.410 e. The summed E-state index contributed by atoms with van der Waals surface area (Å²) in [5, 5.41) is 1.89. The van der Waals surface area contributed by atoms with Gasteiger partial charge in [0, 0.05) is 13.1 Å². The lowest BCUT2D eigenvalue weighted by molar-refractivity contribution is 0.00819. The van der Waals surface area contributed by atoms with Gasteiger partial charge >= 0.3 is 6.09 Å². The van der Waals surface area contributed by atoms with Gasteiger partial charge in [0.05, 0.1) is 27.1 Å². The first-order valence-electron chi connectivity index (χ1n) is 6.58. The molecule has 9 heteroatoms. The molecule has 0 aromatic carbocycles. The number of nitrogen functional groups attached to an aromatic ring is 1. The molecule has 0 spiro atoms. The van der Waals surface area contributed by atoms with Crippen molar-refractivity contribution >= 4 is 38.8 Å². The van der Waals surface area contributed by atoms with Crippen LogP contribution in [0.25, 0.3) is 0 Å². The van der Waals surface area contributed by atoms with Crippen LogP contribution in [0.4, 0.5) is 16.4 Å². The Kier molecular flexibility index (Phi) is 3.46. The molecule has 2 N–H and O–H groups in total. The number of rotatable bonds is 1. The van der Waals surface area contributed by atoms with E-state index >= 15 is 0 Å². The van der Waals surface area contributed by atoms with Gasteiger partial charge in [0.2, 0.25) is 0 Å². The third kappa shape index (κ3) is 2.78. The van der Waals surface area contributed by atoms with Crippen LogP contribution in [-0.2, 0) is 4.74 Å². The second-order valence-electron chi connectivity index (χ2n) is 5.94. The molecule has 0 bridgehead atoms. The summed E-state index contributed by atoms with van der Waals surface area (Å²) in [6.45, 7) is 6.76. The number of hydrogen-bond donors (Lipinski definition) is 1. The fourth-order valence-corrected chi connectivity index (χ4v) is 4.04. The van der Waals surface area contributed by atoms with Crippen molar-refractivity contribution in [2.45, 2.75) is 32.4 Å². The summed E-state index contributed by atoms with van der Waals surface area (Å²) >= 11 is -0.532. The Morgan fingerprint density at radius 1 is 1.43 bits per heavy atom. The number of carbonyl (C=O) groups excluding carboxylic acids is 1. The molecule has 1 fully saturated rings. The van der Waals surface area contributed by atoms with E-state index < -0.39 is 26.6 Å². The van der Waals surface area contributed by atoms with Gasteiger partial charge < -0.3 is 15.4 Å². The Balaban J connectivity index is 1.63. The van der Waals surface area contributed by atoms with Crippen molar-refractivity contribution in [1.82, 2.24) is 14.9 Å². The zero-order chi connectivity index (χ0) is 15.2. The lowest BCUT2D eigenvalue weighted by Gasteiger charge is -2.42. The number of amides is 1. The summed E-state index contributed by atoms with van der Waals surface area (Å²) < 4.78 is 10.8. The average Bonchev–Trinajstić information content (AvgIpc) is 2.70. The second kappa shape index (κ2) is 5.04. The van der Waals surface area contributed by atoms with Crippen LogP contribution in [0.15, 0.2) is 9.58 Å². The normalized spacial score (nSPS) is 18.0. The first-order chi connectivity index (χ1) is 9.85. The van der Waals surface area contributed by atoms with Crippen molar-refractivity contribution in [1.29, 1.82) is 0 Å². The van der Waals surface area contributed by atoms with E-state index in [2.05, 4.69) is 13.2 Å². The summed E-state index contributed by atoms with van der Waals surface area (Å²) in [6.07, 6.45) is 1.17. The first kappa shape index (κ1) is 14.4. The molecule has 3 heterocycles. The summed E-state index contributed by atoms with van der Waals surface area (Å²) in [5.74, 6) is 1.31. The monoisotopic (exact) mass is 404 g/mol. The van der Waals surface area contributed by atoms with Gasteiger partial charge in [-0.3, -0.25) is 0 Å². The predicted octanol–water partition coefficient (Wildman–Crippen LogP) is 1.74. The number of ether oxygens (including phenoxy) is 1. The van der Waals surface area contributed by atoms with Gasteiger partial charge in [0.1, 0.15) is 21.3 Å². The molecule has 0 unspecified atom stereocenters. The quantitative estimate of drug-likeness (QED) is 0.717. The molecule has 1 saturated heterocycles. The summed E-state index contributed by atoms with van der Waals surface area (Å²) in [5.41, 5.74) is 5.37. The summed E-state index contributed by atoms with van der Waals surface area (Å²) in [4.78, 5) is 21.9. The van der Waals surface area contributed by atoms with E-state index in [1.165, 1.54) is 6.33 Å². The highest BCUT2D eigenvalue weighted by molar-refractivity contribution is 14.2. The van der Waals surface area contributed by atoms with E-state index in [-0.39, 0.29) is 12.1 Å². The van der Waals surface area contributed by atoms with E-state index in [0.717, 1.165) is 9.39 Å². The van der Waals surface area contributed by atoms with Crippen LogP contribution in [0, 0.1) is 3.57 Å². The molecule has 1 aromatic rings. The Bertz CT molecular complexity index is 608. The first-order valence-corrected chi connectivity index (χ1v) is 8.62. The van der Waals surface area contributed by atoms with Crippen LogP contribution in [0.3, 0.4) is 0 Å². The van der Waals surface area contributed by atoms with Crippen LogP contribution in [0.2, 0.25) is 0 Å². The molecular formula is C12H17IN6O2. The average molecular weight is 404 g/mol. The van der Waals surface area contributed by atoms with Crippen molar-refractivity contribution < 1.29 is 9.53 Å². The second-order valence-corrected chi connectivity index (χ2v) is 7.93. The Morgan fingerprint density at radius 2 is 2.14 bits per heavy atom. The fourth-order valence-electron chi connectivity index (χ4n) is 2.05. The van der Waals surface area contributed by atoms with E-state index in [4.69, 9.17) is 10.5 Å². The van der Waals surface area contributed by atoms with Gasteiger partial charge in [-0.25, -0.2) is 19.8 Å². The van der Waals surface area contributed by atoms with Crippen molar-refractivity contribution in [2.24, 2.45) is 3.25 Å². The zero-order valence-electron chi connectivity index (χ0n) is 12.1. The Labute approximate surface area is 132 Å². The number of aromatic nitrogens is 2. The van der Waals surface area contributed by atoms with Gasteiger partial charge in [-0.15, -0.1) is 3.25 Å². The van der Waals surface area contributed by atoms with Crippen molar-refractivity contribution in [3.63, 3.8) is 0 Å². The van der Waals surface area contributed by atoms with Crippen molar-refractivity contribution in [3.05, 3.63) is 9.90 Å². The van der Waals surface area contributed by atoms with Gasteiger partial charge in [0.25, 0.3) is 0 Å². The molecule has 1 amide bonds. The largest absolute Gasteiger partial charge is 0.444 e.